The number of rotatable bonds is 9. The van der Waals surface area contributed by atoms with Crippen molar-refractivity contribution in [2.75, 3.05) is 0 Å². The zero-order valence-corrected chi connectivity index (χ0v) is 60.8. The number of fused-ring (bicyclic) bond motifs is 14. The predicted octanol–water partition coefficient (Wildman–Crippen LogP) is 28.0. The highest BCUT2D eigenvalue weighted by Crippen LogP contribution is 2.44. The van der Waals surface area contributed by atoms with Gasteiger partial charge in [-0.25, -0.2) is 19.9 Å². The van der Waals surface area contributed by atoms with Gasteiger partial charge in [-0.3, -0.25) is 0 Å². The molecule has 0 N–H and O–H groups in total. The molecule has 112 heavy (non-hydrogen) atoms. The van der Waals surface area contributed by atoms with Crippen LogP contribution in [0.2, 0.25) is 0 Å². The van der Waals surface area contributed by atoms with Crippen molar-refractivity contribution in [3.05, 3.63) is 400 Å². The molecule has 6 nitrogen and oxygen atoms in total. The van der Waals surface area contributed by atoms with Crippen molar-refractivity contribution in [1.29, 1.82) is 0 Å². The van der Waals surface area contributed by atoms with Crippen molar-refractivity contribution in [3.63, 3.8) is 0 Å². The zero-order valence-electron chi connectivity index (χ0n) is 60.8. The molecule has 0 aliphatic carbocycles. The molecule has 0 aliphatic heterocycles. The Labute approximate surface area is 645 Å². The molecule has 4 aromatic heterocycles. The van der Waals surface area contributed by atoms with Crippen LogP contribution < -0.4 is 0 Å². The van der Waals surface area contributed by atoms with E-state index in [1.165, 1.54) is 114 Å². The summed E-state index contributed by atoms with van der Waals surface area (Å²) in [4.78, 5) is 21.6. The SMILES string of the molecule is c1ccc(-c2ccc(-c3nc(-c4cc(-n5c6ccccc6c6cc7ccccc7cc65)c5ccccc5c4)nc4ccc(-c5ccc6ccccc6c5)cc34)cc2)cc1.c1ccc(-c2ccc3nc(-c4cc(-n5c6ccccc6c6cc7ccccc7cc65)c5ccccc5c4)nc(-c4ccc5ccccc5c4)c3c2)cc1. The van der Waals surface area contributed by atoms with Gasteiger partial charge >= 0.3 is 0 Å². The Kier molecular flexibility index (Phi) is 15.2. The van der Waals surface area contributed by atoms with Crippen molar-refractivity contribution in [2.24, 2.45) is 0 Å². The Morgan fingerprint density at radius 2 is 0.464 bits per heavy atom. The van der Waals surface area contributed by atoms with Crippen LogP contribution in [0.25, 0.3) is 220 Å². The van der Waals surface area contributed by atoms with Crippen molar-refractivity contribution in [2.45, 2.75) is 0 Å². The van der Waals surface area contributed by atoms with Gasteiger partial charge in [-0.15, -0.1) is 0 Å². The lowest BCUT2D eigenvalue weighted by atomic mass is 9.97. The summed E-state index contributed by atoms with van der Waals surface area (Å²) in [5.41, 5.74) is 21.6. The number of nitrogens with zero attached hydrogens (tertiary/aromatic N) is 6. The van der Waals surface area contributed by atoms with Gasteiger partial charge in [-0.1, -0.05) is 303 Å². The van der Waals surface area contributed by atoms with Crippen LogP contribution >= 0.6 is 0 Å². The Morgan fingerprint density at radius 3 is 0.946 bits per heavy atom. The van der Waals surface area contributed by atoms with Crippen LogP contribution in [0.15, 0.2) is 400 Å². The van der Waals surface area contributed by atoms with E-state index in [9.17, 15) is 0 Å². The lowest BCUT2D eigenvalue weighted by Gasteiger charge is -2.16. The minimum absolute atomic E-state index is 0.691. The van der Waals surface area contributed by atoms with Gasteiger partial charge in [0.25, 0.3) is 0 Å². The molecule has 19 aromatic carbocycles. The summed E-state index contributed by atoms with van der Waals surface area (Å²) < 4.78 is 4.86. The molecule has 0 unspecified atom stereocenters. The fourth-order valence-corrected chi connectivity index (χ4v) is 17.1. The second kappa shape index (κ2) is 26.5. The number of hydrogen-bond donors (Lipinski definition) is 0. The van der Waals surface area contributed by atoms with Crippen LogP contribution in [0.1, 0.15) is 0 Å². The van der Waals surface area contributed by atoms with Gasteiger partial charge in [0, 0.05) is 65.3 Å². The molecule has 0 radical (unpaired) electrons. The first-order valence-electron chi connectivity index (χ1n) is 38.2. The molecular weight excluding hydrogens is 1360 g/mol. The molecule has 0 bridgehead atoms. The second-order valence-corrected chi connectivity index (χ2v) is 29.3. The molecule has 0 saturated heterocycles. The van der Waals surface area contributed by atoms with E-state index in [0.29, 0.717) is 11.6 Å². The third kappa shape index (κ3) is 11.1. The van der Waals surface area contributed by atoms with Gasteiger partial charge in [0.05, 0.1) is 55.9 Å². The predicted molar refractivity (Wildman–Crippen MR) is 471 cm³/mol. The van der Waals surface area contributed by atoms with E-state index in [-0.39, 0.29) is 0 Å². The van der Waals surface area contributed by atoms with Gasteiger partial charge < -0.3 is 9.13 Å². The molecule has 0 spiro atoms. The average Bonchev–Trinajstić information content (AvgIpc) is 1.57. The Hall–Kier alpha value is -15.0. The number of aromatic nitrogens is 6. The van der Waals surface area contributed by atoms with Gasteiger partial charge in [0.2, 0.25) is 0 Å². The first-order valence-corrected chi connectivity index (χ1v) is 38.2. The molecule has 0 aliphatic rings. The number of hydrogen-bond acceptors (Lipinski definition) is 4. The summed E-state index contributed by atoms with van der Waals surface area (Å²) in [7, 11) is 0. The normalized spacial score (nSPS) is 11.8. The van der Waals surface area contributed by atoms with E-state index in [4.69, 9.17) is 19.9 Å². The smallest absolute Gasteiger partial charge is 0.160 e. The van der Waals surface area contributed by atoms with Gasteiger partial charge in [0.15, 0.2) is 11.6 Å². The highest BCUT2D eigenvalue weighted by Gasteiger charge is 2.23. The molecule has 0 saturated carbocycles. The van der Waals surface area contributed by atoms with Crippen LogP contribution in [-0.4, -0.2) is 29.1 Å². The zero-order chi connectivity index (χ0) is 73.7. The van der Waals surface area contributed by atoms with Gasteiger partial charge in [0.1, 0.15) is 0 Å². The maximum Gasteiger partial charge on any atom is 0.160 e. The van der Waals surface area contributed by atoms with E-state index >= 15 is 0 Å². The van der Waals surface area contributed by atoms with Crippen LogP contribution in [0, 0.1) is 0 Å². The van der Waals surface area contributed by atoms with Crippen molar-refractivity contribution in [1.82, 2.24) is 29.1 Å². The second-order valence-electron chi connectivity index (χ2n) is 29.3. The van der Waals surface area contributed by atoms with Crippen LogP contribution in [0.4, 0.5) is 0 Å². The molecular formula is C106H66N6. The molecule has 23 aromatic rings. The van der Waals surface area contributed by atoms with Crippen molar-refractivity contribution in [3.8, 4) is 90.0 Å². The minimum atomic E-state index is 0.691. The molecule has 0 atom stereocenters. The lowest BCUT2D eigenvalue weighted by Crippen LogP contribution is -1.99. The topological polar surface area (TPSA) is 61.4 Å². The Bertz CT molecular complexity index is 7750. The molecule has 23 rings (SSSR count). The third-order valence-corrected chi connectivity index (χ3v) is 22.6. The fourth-order valence-electron chi connectivity index (χ4n) is 17.1. The summed E-state index contributed by atoms with van der Waals surface area (Å²) in [5, 5.41) is 21.4. The summed E-state index contributed by atoms with van der Waals surface area (Å²) in [6.45, 7) is 0. The van der Waals surface area contributed by atoms with Crippen LogP contribution in [0.5, 0.6) is 0 Å². The standard InChI is InChI=1S/C56H35N3.C50H31N3/c1-2-12-36(13-3-1)38-22-25-39(26-23-38)55-50-33-44(43-27-24-37-14-4-5-15-40(37)30-43)28-29-51(50)57-56(58-55)46-31-45-18-8-9-19-47(45)53(35-46)59-52-21-11-10-20-48(52)49-32-41-16-6-7-17-42(41)34-54(49)59;1-2-12-32(13-3-1)37-24-25-45-44(29-37)49(39-23-22-33-14-4-5-15-34(33)26-39)52-50(51-45)40-27-38-18-8-9-19-41(38)47(31-40)53-46-21-11-10-20-42(46)43-28-35-16-6-7-17-36(35)30-48(43)53/h1-35H;1-31H. The van der Waals surface area contributed by atoms with Gasteiger partial charge in [-0.2, -0.15) is 0 Å². The summed E-state index contributed by atoms with van der Waals surface area (Å²) >= 11 is 0. The third-order valence-electron chi connectivity index (χ3n) is 22.6. The summed E-state index contributed by atoms with van der Waals surface area (Å²) in [5.74, 6) is 1.39. The first kappa shape index (κ1) is 64.2. The quantitative estimate of drug-likeness (QED) is 0.144. The highest BCUT2D eigenvalue weighted by atomic mass is 15.0. The van der Waals surface area contributed by atoms with Gasteiger partial charge in [-0.05, 0) is 184 Å². The molecule has 0 amide bonds. The maximum absolute atomic E-state index is 5.50. The lowest BCUT2D eigenvalue weighted by molar-refractivity contribution is 1.19. The highest BCUT2D eigenvalue weighted by molar-refractivity contribution is 6.17. The first-order chi connectivity index (χ1) is 55.5. The largest absolute Gasteiger partial charge is 0.309 e. The van der Waals surface area contributed by atoms with E-state index in [1.54, 1.807) is 0 Å². The monoisotopic (exact) mass is 1420 g/mol. The molecule has 6 heteroatoms. The van der Waals surface area contributed by atoms with E-state index in [0.717, 1.165) is 94.3 Å². The van der Waals surface area contributed by atoms with Crippen LogP contribution in [-0.2, 0) is 0 Å². The van der Waals surface area contributed by atoms with E-state index < -0.39 is 0 Å². The number of para-hydroxylation sites is 2. The van der Waals surface area contributed by atoms with Crippen molar-refractivity contribution < 1.29 is 0 Å². The average molecular weight is 1420 g/mol. The molecule has 520 valence electrons. The summed E-state index contributed by atoms with van der Waals surface area (Å²) in [6.07, 6.45) is 0. The van der Waals surface area contributed by atoms with Crippen LogP contribution in [0.3, 0.4) is 0 Å². The van der Waals surface area contributed by atoms with E-state index in [1.807, 2.05) is 0 Å². The maximum atomic E-state index is 5.50. The summed E-state index contributed by atoms with van der Waals surface area (Å²) in [6, 6.07) is 144. The van der Waals surface area contributed by atoms with E-state index in [2.05, 4.69) is 410 Å². The Morgan fingerprint density at radius 1 is 0.152 bits per heavy atom. The minimum Gasteiger partial charge on any atom is -0.309 e. The number of benzene rings is 19. The molecule has 0 fully saturated rings. The molecule has 4 heterocycles. The fraction of sp³-hybridized carbons (Fsp3) is 0. The Balaban J connectivity index is 0.000000138. The van der Waals surface area contributed by atoms with Crippen molar-refractivity contribution >= 4 is 130 Å².